The molecule has 5 heteroatoms. The Hall–Kier alpha value is -2.01. The molecule has 2 aromatic heterocycles. The zero-order valence-corrected chi connectivity index (χ0v) is 9.11. The van der Waals surface area contributed by atoms with Crippen molar-refractivity contribution in [2.45, 2.75) is 0 Å². The molecule has 0 bridgehead atoms. The largest absolute Gasteiger partial charge is 0.290 e. The summed E-state index contributed by atoms with van der Waals surface area (Å²) < 4.78 is 2.25. The zero-order valence-electron chi connectivity index (χ0n) is 8.29. The van der Waals surface area contributed by atoms with Gasteiger partial charge in [0.2, 0.25) is 4.96 Å². The number of aromatic nitrogens is 3. The Morgan fingerprint density at radius 1 is 1.19 bits per heavy atom. The molecule has 4 nitrogen and oxygen atoms in total. The van der Waals surface area contributed by atoms with Gasteiger partial charge in [0, 0.05) is 5.56 Å². The van der Waals surface area contributed by atoms with Crippen molar-refractivity contribution >= 4 is 16.3 Å². The van der Waals surface area contributed by atoms with Crippen LogP contribution in [0.25, 0.3) is 16.2 Å². The topological polar surface area (TPSA) is 54.0 Å². The van der Waals surface area contributed by atoms with Gasteiger partial charge in [-0.05, 0) is 6.07 Å². The van der Waals surface area contributed by atoms with Crippen LogP contribution in [0.2, 0.25) is 0 Å². The first kappa shape index (κ1) is 9.23. The van der Waals surface area contributed by atoms with Crippen molar-refractivity contribution in [3.8, 4) is 11.3 Å². The third-order valence-corrected chi connectivity index (χ3v) is 3.08. The fraction of sp³-hybridized carbons (Fsp3) is 0. The molecule has 16 heavy (non-hydrogen) atoms. The molecule has 0 aliphatic heterocycles. The molecule has 0 saturated heterocycles. The normalized spacial score (nSPS) is 10.8. The predicted octanol–water partition coefficient (Wildman–Crippen LogP) is 1.94. The van der Waals surface area contributed by atoms with Crippen LogP contribution in [0.15, 0.2) is 42.7 Å². The minimum atomic E-state index is 0.486. The number of fused-ring (bicyclic) bond motifs is 1. The van der Waals surface area contributed by atoms with Gasteiger partial charge < -0.3 is 0 Å². The highest BCUT2D eigenvalue weighted by Crippen LogP contribution is 2.18. The van der Waals surface area contributed by atoms with Gasteiger partial charge in [-0.15, -0.1) is 0 Å². The average molecular weight is 228 g/mol. The highest BCUT2D eigenvalue weighted by atomic mass is 32.1. The van der Waals surface area contributed by atoms with Crippen LogP contribution in [-0.4, -0.2) is 14.6 Å². The lowest BCUT2D eigenvalue weighted by Crippen LogP contribution is -2.01. The van der Waals surface area contributed by atoms with Crippen molar-refractivity contribution in [1.82, 2.24) is 14.6 Å². The quantitative estimate of drug-likeness (QED) is 0.692. The first-order chi connectivity index (χ1) is 7.84. The smallest absolute Gasteiger partial charge is 0.214 e. The lowest BCUT2D eigenvalue weighted by Gasteiger charge is -2.02. The van der Waals surface area contributed by atoms with Gasteiger partial charge in [0.1, 0.15) is 11.0 Å². The van der Waals surface area contributed by atoms with Crippen molar-refractivity contribution in [2.24, 2.45) is 0 Å². The molecule has 0 saturated carbocycles. The molecule has 0 unspecified atom stereocenters. The Kier molecular flexibility index (Phi) is 2.04. The van der Waals surface area contributed by atoms with Gasteiger partial charge in [-0.2, -0.15) is 5.10 Å². The minimum Gasteiger partial charge on any atom is -0.290 e. The molecule has 2 heterocycles. The van der Waals surface area contributed by atoms with Gasteiger partial charge in [-0.25, -0.2) is 9.50 Å². The molecule has 1 aromatic carbocycles. The summed E-state index contributed by atoms with van der Waals surface area (Å²) in [6, 6.07) is 11.7. The maximum atomic E-state index is 7.74. The maximum Gasteiger partial charge on any atom is 0.214 e. The molecule has 0 amide bonds. The Bertz CT molecular complexity index is 684. The van der Waals surface area contributed by atoms with E-state index < -0.39 is 0 Å². The summed E-state index contributed by atoms with van der Waals surface area (Å²) in [5, 5.41) is 11.9. The maximum absolute atomic E-state index is 7.74. The van der Waals surface area contributed by atoms with Crippen LogP contribution in [0, 0.1) is 5.41 Å². The molecule has 0 fully saturated rings. The Morgan fingerprint density at radius 3 is 2.81 bits per heavy atom. The van der Waals surface area contributed by atoms with Gasteiger partial charge in [-0.3, -0.25) is 5.41 Å². The Balaban J connectivity index is 2.39. The van der Waals surface area contributed by atoms with E-state index in [1.165, 1.54) is 17.7 Å². The van der Waals surface area contributed by atoms with Crippen molar-refractivity contribution in [1.29, 1.82) is 5.41 Å². The molecule has 3 rings (SSSR count). The van der Waals surface area contributed by atoms with Crippen LogP contribution in [0.3, 0.4) is 0 Å². The van der Waals surface area contributed by atoms with Crippen LogP contribution >= 0.6 is 11.3 Å². The van der Waals surface area contributed by atoms with E-state index in [-0.39, 0.29) is 0 Å². The fourth-order valence-electron chi connectivity index (χ4n) is 1.59. The van der Waals surface area contributed by atoms with E-state index in [1.807, 2.05) is 36.4 Å². The molecule has 0 atom stereocenters. The van der Waals surface area contributed by atoms with E-state index in [0.717, 1.165) is 16.2 Å². The number of benzene rings is 1. The van der Waals surface area contributed by atoms with Crippen LogP contribution < -0.4 is 4.67 Å². The van der Waals surface area contributed by atoms with Crippen molar-refractivity contribution < 1.29 is 0 Å². The number of nitrogens with zero attached hydrogens (tertiary/aromatic N) is 3. The first-order valence-corrected chi connectivity index (χ1v) is 5.60. The van der Waals surface area contributed by atoms with Crippen molar-refractivity contribution in [3.05, 3.63) is 47.4 Å². The summed E-state index contributed by atoms with van der Waals surface area (Å²) in [5.41, 5.74) is 1.94. The molecule has 0 radical (unpaired) electrons. The number of hydrogen-bond acceptors (Lipinski definition) is 4. The Labute approximate surface area is 95.4 Å². The van der Waals surface area contributed by atoms with E-state index >= 15 is 0 Å². The molecular formula is C11H8N4S. The number of rotatable bonds is 1. The summed E-state index contributed by atoms with van der Waals surface area (Å²) in [6.45, 7) is 0. The minimum absolute atomic E-state index is 0.486. The second kappa shape index (κ2) is 3.53. The van der Waals surface area contributed by atoms with Crippen molar-refractivity contribution in [3.63, 3.8) is 0 Å². The third kappa shape index (κ3) is 1.42. The van der Waals surface area contributed by atoms with E-state index in [2.05, 4.69) is 10.1 Å². The highest BCUT2D eigenvalue weighted by molar-refractivity contribution is 7.14. The summed E-state index contributed by atoms with van der Waals surface area (Å²) in [6.07, 6.45) is 1.51. The monoisotopic (exact) mass is 228 g/mol. The summed E-state index contributed by atoms with van der Waals surface area (Å²) >= 11 is 1.31. The van der Waals surface area contributed by atoms with Crippen LogP contribution in [0.1, 0.15) is 0 Å². The standard InChI is InChI=1S/C11H8N4S/c12-10-6-9(8-4-2-1-3-5-8)15-11(16-10)13-7-14-15/h1-7,12H. The predicted molar refractivity (Wildman–Crippen MR) is 62.2 cm³/mol. The van der Waals surface area contributed by atoms with E-state index in [1.54, 1.807) is 4.52 Å². The van der Waals surface area contributed by atoms with E-state index in [4.69, 9.17) is 5.41 Å². The molecule has 1 N–H and O–H groups in total. The zero-order chi connectivity index (χ0) is 11.0. The highest BCUT2D eigenvalue weighted by Gasteiger charge is 2.05. The summed E-state index contributed by atoms with van der Waals surface area (Å²) in [4.78, 5) is 4.86. The molecule has 0 aliphatic rings. The van der Waals surface area contributed by atoms with Gasteiger partial charge in [0.15, 0.2) is 0 Å². The second-order valence-corrected chi connectivity index (χ2v) is 4.33. The second-order valence-electron chi connectivity index (χ2n) is 3.32. The number of hydrogen-bond donors (Lipinski definition) is 1. The lowest BCUT2D eigenvalue weighted by molar-refractivity contribution is 0.975. The molecule has 0 spiro atoms. The van der Waals surface area contributed by atoms with E-state index in [0.29, 0.717) is 4.67 Å². The fourth-order valence-corrected chi connectivity index (χ4v) is 2.29. The average Bonchev–Trinajstić information content (AvgIpc) is 2.77. The molecular weight excluding hydrogens is 220 g/mol. The van der Waals surface area contributed by atoms with E-state index in [9.17, 15) is 0 Å². The third-order valence-electron chi connectivity index (χ3n) is 2.28. The van der Waals surface area contributed by atoms with Crippen LogP contribution in [0.5, 0.6) is 0 Å². The van der Waals surface area contributed by atoms with Crippen molar-refractivity contribution in [2.75, 3.05) is 0 Å². The number of nitrogens with one attached hydrogen (secondary N) is 1. The van der Waals surface area contributed by atoms with Crippen LogP contribution in [-0.2, 0) is 0 Å². The summed E-state index contributed by atoms with van der Waals surface area (Å²) in [5.74, 6) is 0. The summed E-state index contributed by atoms with van der Waals surface area (Å²) in [7, 11) is 0. The van der Waals surface area contributed by atoms with Gasteiger partial charge in [-0.1, -0.05) is 41.7 Å². The lowest BCUT2D eigenvalue weighted by atomic mass is 10.1. The SMILES string of the molecule is N=c1cc(-c2ccccc2)n2ncnc2s1. The first-order valence-electron chi connectivity index (χ1n) is 4.78. The van der Waals surface area contributed by atoms with Gasteiger partial charge in [0.25, 0.3) is 0 Å². The van der Waals surface area contributed by atoms with Gasteiger partial charge in [0.05, 0.1) is 5.69 Å². The molecule has 0 aliphatic carbocycles. The Morgan fingerprint density at radius 2 is 2.00 bits per heavy atom. The van der Waals surface area contributed by atoms with Gasteiger partial charge >= 0.3 is 0 Å². The molecule has 3 aromatic rings. The van der Waals surface area contributed by atoms with Crippen LogP contribution in [0.4, 0.5) is 0 Å². The molecule has 78 valence electrons.